The second-order valence-electron chi connectivity index (χ2n) is 8.02. The minimum atomic E-state index is -4.16. The van der Waals surface area contributed by atoms with Gasteiger partial charge in [0.25, 0.3) is 10.0 Å². The molecule has 7 nitrogen and oxygen atoms in total. The van der Waals surface area contributed by atoms with E-state index in [2.05, 4.69) is 5.32 Å². The predicted octanol–water partition coefficient (Wildman–Crippen LogP) is 4.23. The summed E-state index contributed by atoms with van der Waals surface area (Å²) in [7, 11) is -4.16. The lowest BCUT2D eigenvalue weighted by atomic mass is 10.1. The molecule has 0 aliphatic heterocycles. The van der Waals surface area contributed by atoms with Gasteiger partial charge in [0.2, 0.25) is 11.8 Å². The van der Waals surface area contributed by atoms with Crippen molar-refractivity contribution in [1.82, 2.24) is 10.2 Å². The first-order valence-electron chi connectivity index (χ1n) is 11.3. The van der Waals surface area contributed by atoms with E-state index >= 15 is 0 Å². The lowest BCUT2D eigenvalue weighted by Crippen LogP contribution is -2.51. The molecule has 1 atom stereocenters. The minimum absolute atomic E-state index is 0.0129. The summed E-state index contributed by atoms with van der Waals surface area (Å²) < 4.78 is 41.6. The minimum Gasteiger partial charge on any atom is -0.355 e. The van der Waals surface area contributed by atoms with E-state index < -0.39 is 34.3 Å². The van der Waals surface area contributed by atoms with E-state index in [4.69, 9.17) is 11.6 Å². The number of likely N-dealkylation sites (N-methyl/N-ethyl adjacent to an activating group) is 1. The normalized spacial score (nSPS) is 12.0. The van der Waals surface area contributed by atoms with Crippen LogP contribution in [0.15, 0.2) is 83.8 Å². The van der Waals surface area contributed by atoms with E-state index in [0.29, 0.717) is 17.1 Å². The molecule has 0 heterocycles. The smallest absolute Gasteiger partial charge is 0.264 e. The second-order valence-corrected chi connectivity index (χ2v) is 10.3. The van der Waals surface area contributed by atoms with Gasteiger partial charge in [0.15, 0.2) is 0 Å². The van der Waals surface area contributed by atoms with Crippen molar-refractivity contribution >= 4 is 39.1 Å². The first-order chi connectivity index (χ1) is 17.1. The van der Waals surface area contributed by atoms with Crippen LogP contribution in [0.4, 0.5) is 10.1 Å². The molecule has 0 bridgehead atoms. The summed E-state index contributed by atoms with van der Waals surface area (Å²) in [5, 5.41) is 3.06. The van der Waals surface area contributed by atoms with E-state index in [1.54, 1.807) is 44.2 Å². The van der Waals surface area contributed by atoms with Crippen LogP contribution in [0.2, 0.25) is 5.02 Å². The zero-order valence-corrected chi connectivity index (χ0v) is 21.5. The van der Waals surface area contributed by atoms with E-state index in [1.165, 1.54) is 53.4 Å². The average molecular weight is 532 g/mol. The van der Waals surface area contributed by atoms with Crippen LogP contribution in [0, 0.1) is 5.82 Å². The average Bonchev–Trinajstić information content (AvgIpc) is 2.87. The summed E-state index contributed by atoms with van der Waals surface area (Å²) in [6.45, 7) is 3.11. The molecule has 1 N–H and O–H groups in total. The van der Waals surface area contributed by atoms with Crippen LogP contribution in [0.5, 0.6) is 0 Å². The Balaban J connectivity index is 1.99. The lowest BCUT2D eigenvalue weighted by molar-refractivity contribution is -0.139. The molecule has 10 heteroatoms. The predicted molar refractivity (Wildman–Crippen MR) is 138 cm³/mol. The van der Waals surface area contributed by atoms with E-state index in [0.717, 1.165) is 4.31 Å². The third kappa shape index (κ3) is 6.61. The number of para-hydroxylation sites is 1. The maximum Gasteiger partial charge on any atom is 0.264 e. The fourth-order valence-corrected chi connectivity index (χ4v) is 5.09. The Morgan fingerprint density at radius 1 is 0.972 bits per heavy atom. The largest absolute Gasteiger partial charge is 0.355 e. The van der Waals surface area contributed by atoms with Gasteiger partial charge >= 0.3 is 0 Å². The van der Waals surface area contributed by atoms with Crippen molar-refractivity contribution in [2.75, 3.05) is 17.4 Å². The SMILES string of the molecule is CCNC(=O)[C@@H](C)N(Cc1ccc(F)cc1)C(=O)CN(c1ccccc1)S(=O)(=O)c1ccc(Cl)cc1. The molecule has 0 aliphatic carbocycles. The molecular formula is C26H27ClFN3O4S. The molecule has 0 fully saturated rings. The number of hydrogen-bond acceptors (Lipinski definition) is 4. The summed E-state index contributed by atoms with van der Waals surface area (Å²) in [6.07, 6.45) is 0. The standard InChI is InChI=1S/C26H27ClFN3O4S/c1-3-29-26(33)19(2)30(17-20-9-13-22(28)14-10-20)25(32)18-31(23-7-5-4-6-8-23)36(34,35)24-15-11-21(27)12-16-24/h4-16,19H,3,17-18H2,1-2H3,(H,29,33)/t19-/m1/s1. The van der Waals surface area contributed by atoms with Gasteiger partial charge in [-0.3, -0.25) is 13.9 Å². The molecule has 36 heavy (non-hydrogen) atoms. The van der Waals surface area contributed by atoms with Gasteiger partial charge in [0, 0.05) is 18.1 Å². The number of carbonyl (C=O) groups is 2. The van der Waals surface area contributed by atoms with Crippen molar-refractivity contribution in [3.63, 3.8) is 0 Å². The highest BCUT2D eigenvalue weighted by Crippen LogP contribution is 2.25. The summed E-state index contributed by atoms with van der Waals surface area (Å²) in [5.74, 6) is -1.42. The van der Waals surface area contributed by atoms with E-state index in [9.17, 15) is 22.4 Å². The van der Waals surface area contributed by atoms with Crippen molar-refractivity contribution in [3.05, 3.63) is 95.3 Å². The van der Waals surface area contributed by atoms with Crippen molar-refractivity contribution < 1.29 is 22.4 Å². The third-order valence-electron chi connectivity index (χ3n) is 5.51. The lowest BCUT2D eigenvalue weighted by Gasteiger charge is -2.32. The maximum atomic E-state index is 13.6. The van der Waals surface area contributed by atoms with E-state index in [-0.39, 0.29) is 23.0 Å². The van der Waals surface area contributed by atoms with Crippen molar-refractivity contribution in [1.29, 1.82) is 0 Å². The number of hydrogen-bond donors (Lipinski definition) is 1. The summed E-state index contributed by atoms with van der Waals surface area (Å²) in [4.78, 5) is 27.5. The molecule has 0 spiro atoms. The molecule has 0 unspecified atom stereocenters. The Kier molecular flexibility index (Phi) is 9.06. The molecule has 3 aromatic rings. The quantitative estimate of drug-likeness (QED) is 0.424. The Labute approximate surface area is 215 Å². The number of rotatable bonds is 10. The number of sulfonamides is 1. The third-order valence-corrected chi connectivity index (χ3v) is 7.55. The Morgan fingerprint density at radius 3 is 2.17 bits per heavy atom. The van der Waals surface area contributed by atoms with Gasteiger partial charge in [-0.2, -0.15) is 0 Å². The van der Waals surface area contributed by atoms with Gasteiger partial charge < -0.3 is 10.2 Å². The van der Waals surface area contributed by atoms with Crippen molar-refractivity contribution in [2.45, 2.75) is 31.3 Å². The number of halogens is 2. The monoisotopic (exact) mass is 531 g/mol. The van der Waals surface area contributed by atoms with Crippen LogP contribution in [0.3, 0.4) is 0 Å². The summed E-state index contributed by atoms with van der Waals surface area (Å²) in [5.41, 5.74) is 0.876. The Morgan fingerprint density at radius 2 is 1.58 bits per heavy atom. The molecule has 3 rings (SSSR count). The number of anilines is 1. The second kappa shape index (κ2) is 12.0. The van der Waals surface area contributed by atoms with Gasteiger partial charge in [0.1, 0.15) is 18.4 Å². The summed E-state index contributed by atoms with van der Waals surface area (Å²) >= 11 is 5.93. The van der Waals surface area contributed by atoms with Gasteiger partial charge in [-0.05, 0) is 67.9 Å². The topological polar surface area (TPSA) is 86.8 Å². The van der Waals surface area contributed by atoms with Crippen LogP contribution in [-0.2, 0) is 26.2 Å². The maximum absolute atomic E-state index is 13.6. The highest BCUT2D eigenvalue weighted by molar-refractivity contribution is 7.92. The van der Waals surface area contributed by atoms with Crippen LogP contribution in [0.1, 0.15) is 19.4 Å². The summed E-state index contributed by atoms with van der Waals surface area (Å²) in [6, 6.07) is 18.5. The number of nitrogens with zero attached hydrogens (tertiary/aromatic N) is 2. The molecule has 0 aliphatic rings. The molecule has 0 aromatic heterocycles. The van der Waals surface area contributed by atoms with Crippen LogP contribution in [-0.4, -0.2) is 44.3 Å². The van der Waals surface area contributed by atoms with Gasteiger partial charge in [-0.15, -0.1) is 0 Å². The number of nitrogens with one attached hydrogen (secondary N) is 1. The molecule has 0 saturated heterocycles. The molecule has 2 amide bonds. The van der Waals surface area contributed by atoms with Gasteiger partial charge in [-0.1, -0.05) is 41.9 Å². The number of amides is 2. The van der Waals surface area contributed by atoms with Crippen LogP contribution >= 0.6 is 11.6 Å². The molecule has 3 aromatic carbocycles. The fourth-order valence-electron chi connectivity index (χ4n) is 3.55. The zero-order valence-electron chi connectivity index (χ0n) is 19.9. The van der Waals surface area contributed by atoms with Crippen molar-refractivity contribution in [3.8, 4) is 0 Å². The molecule has 0 saturated carbocycles. The first kappa shape index (κ1) is 27.2. The Bertz CT molecular complexity index is 1290. The highest BCUT2D eigenvalue weighted by atomic mass is 35.5. The number of carbonyl (C=O) groups excluding carboxylic acids is 2. The van der Waals surface area contributed by atoms with Crippen molar-refractivity contribution in [2.24, 2.45) is 0 Å². The van der Waals surface area contributed by atoms with Gasteiger partial charge in [0.05, 0.1) is 10.6 Å². The highest BCUT2D eigenvalue weighted by Gasteiger charge is 2.32. The van der Waals surface area contributed by atoms with E-state index in [1.807, 2.05) is 0 Å². The fraction of sp³-hybridized carbons (Fsp3) is 0.231. The first-order valence-corrected chi connectivity index (χ1v) is 13.1. The van der Waals surface area contributed by atoms with Crippen LogP contribution in [0.25, 0.3) is 0 Å². The number of benzene rings is 3. The molecule has 0 radical (unpaired) electrons. The van der Waals surface area contributed by atoms with Gasteiger partial charge in [-0.25, -0.2) is 12.8 Å². The van der Waals surface area contributed by atoms with Crippen LogP contribution < -0.4 is 9.62 Å². The zero-order chi connectivity index (χ0) is 26.3. The molecule has 190 valence electrons. The molecular weight excluding hydrogens is 505 g/mol. The Hall–Kier alpha value is -3.43.